The Hall–Kier alpha value is -0.0800. The molecule has 2 N–H and O–H groups in total. The molecule has 0 heterocycles. The summed E-state index contributed by atoms with van der Waals surface area (Å²) in [4.78, 5) is 0. The number of hydrogen-bond acceptors (Lipinski definition) is 2. The van der Waals surface area contributed by atoms with Crippen LogP contribution in [0.5, 0.6) is 0 Å². The van der Waals surface area contributed by atoms with E-state index < -0.39 is 0 Å². The zero-order valence-electron chi connectivity index (χ0n) is 8.21. The van der Waals surface area contributed by atoms with E-state index in [1.54, 1.807) is 0 Å². The Morgan fingerprint density at radius 1 is 1.50 bits per heavy atom. The fourth-order valence-electron chi connectivity index (χ4n) is 2.12. The molecule has 1 rings (SSSR count). The van der Waals surface area contributed by atoms with Gasteiger partial charge in [0.2, 0.25) is 0 Å². The molecule has 0 radical (unpaired) electrons. The third-order valence-corrected chi connectivity index (χ3v) is 2.86. The number of rotatable bonds is 4. The maximum atomic E-state index is 9.11. The quantitative estimate of drug-likeness (QED) is 0.672. The summed E-state index contributed by atoms with van der Waals surface area (Å²) in [5.74, 6) is 0.851. The van der Waals surface area contributed by atoms with E-state index in [9.17, 15) is 0 Å². The van der Waals surface area contributed by atoms with Gasteiger partial charge in [-0.05, 0) is 25.7 Å². The van der Waals surface area contributed by atoms with Crippen molar-refractivity contribution in [3.8, 4) is 0 Å². The summed E-state index contributed by atoms with van der Waals surface area (Å²) in [6.45, 7) is 4.84. The van der Waals surface area contributed by atoms with Gasteiger partial charge in [-0.25, -0.2) is 0 Å². The first kappa shape index (κ1) is 10.0. The molecule has 72 valence electrons. The van der Waals surface area contributed by atoms with Crippen molar-refractivity contribution in [3.63, 3.8) is 0 Å². The fourth-order valence-corrected chi connectivity index (χ4v) is 2.12. The Morgan fingerprint density at radius 3 is 2.83 bits per heavy atom. The number of hydrogen-bond donors (Lipinski definition) is 2. The predicted molar refractivity (Wildman–Crippen MR) is 51.1 cm³/mol. The van der Waals surface area contributed by atoms with E-state index in [4.69, 9.17) is 5.11 Å². The van der Waals surface area contributed by atoms with E-state index in [-0.39, 0.29) is 6.10 Å². The lowest BCUT2D eigenvalue weighted by molar-refractivity contribution is 0.181. The summed E-state index contributed by atoms with van der Waals surface area (Å²) in [6, 6.07) is 0.671. The van der Waals surface area contributed by atoms with E-state index in [0.717, 1.165) is 12.5 Å². The summed E-state index contributed by atoms with van der Waals surface area (Å²) in [5.41, 5.74) is 0. The summed E-state index contributed by atoms with van der Waals surface area (Å²) < 4.78 is 0. The number of aliphatic hydroxyl groups is 1. The molecule has 3 atom stereocenters. The topological polar surface area (TPSA) is 32.3 Å². The first-order valence-corrected chi connectivity index (χ1v) is 5.15. The molecule has 0 saturated heterocycles. The molecule has 2 nitrogen and oxygen atoms in total. The molecule has 0 bridgehead atoms. The van der Waals surface area contributed by atoms with Crippen molar-refractivity contribution in [1.82, 2.24) is 5.32 Å². The smallest absolute Gasteiger partial charge is 0.0636 e. The fraction of sp³-hybridized carbons (Fsp3) is 1.00. The van der Waals surface area contributed by atoms with Gasteiger partial charge in [-0.15, -0.1) is 0 Å². The highest BCUT2D eigenvalue weighted by molar-refractivity contribution is 4.82. The van der Waals surface area contributed by atoms with Crippen LogP contribution in [0.25, 0.3) is 0 Å². The van der Waals surface area contributed by atoms with E-state index in [2.05, 4.69) is 12.2 Å². The van der Waals surface area contributed by atoms with Gasteiger partial charge < -0.3 is 10.4 Å². The molecule has 3 unspecified atom stereocenters. The van der Waals surface area contributed by atoms with Crippen molar-refractivity contribution in [3.05, 3.63) is 0 Å². The maximum Gasteiger partial charge on any atom is 0.0636 e. The molecule has 0 aliphatic heterocycles. The number of nitrogens with one attached hydrogen (secondary N) is 1. The van der Waals surface area contributed by atoms with Crippen LogP contribution in [0.1, 0.15) is 39.5 Å². The standard InChI is InChI=1S/C10H21NO/c1-3-9-5-4-6-10(9)11-7-8(2)12/h8-12H,3-7H2,1-2H3. The third-order valence-electron chi connectivity index (χ3n) is 2.86. The summed E-state index contributed by atoms with van der Waals surface area (Å²) in [6.07, 6.45) is 5.09. The second-order valence-electron chi connectivity index (χ2n) is 3.96. The van der Waals surface area contributed by atoms with Gasteiger partial charge in [0.05, 0.1) is 6.10 Å². The van der Waals surface area contributed by atoms with Crippen LogP contribution in [-0.2, 0) is 0 Å². The normalized spacial score (nSPS) is 32.2. The molecule has 1 fully saturated rings. The second kappa shape index (κ2) is 4.83. The Kier molecular flexibility index (Phi) is 4.02. The zero-order chi connectivity index (χ0) is 8.97. The molecule has 0 amide bonds. The highest BCUT2D eigenvalue weighted by atomic mass is 16.3. The van der Waals surface area contributed by atoms with Gasteiger partial charge in [0, 0.05) is 12.6 Å². The molecule has 2 heteroatoms. The molecule has 0 aromatic heterocycles. The lowest BCUT2D eigenvalue weighted by Crippen LogP contribution is -2.36. The average molecular weight is 171 g/mol. The van der Waals surface area contributed by atoms with E-state index in [1.165, 1.54) is 25.7 Å². The van der Waals surface area contributed by atoms with Gasteiger partial charge in [0.15, 0.2) is 0 Å². The van der Waals surface area contributed by atoms with E-state index in [1.807, 2.05) is 6.92 Å². The van der Waals surface area contributed by atoms with Gasteiger partial charge in [-0.2, -0.15) is 0 Å². The van der Waals surface area contributed by atoms with Crippen molar-refractivity contribution in [1.29, 1.82) is 0 Å². The van der Waals surface area contributed by atoms with Gasteiger partial charge >= 0.3 is 0 Å². The molecular weight excluding hydrogens is 150 g/mol. The highest BCUT2D eigenvalue weighted by Crippen LogP contribution is 2.27. The van der Waals surface area contributed by atoms with Crippen molar-refractivity contribution in [2.45, 2.75) is 51.7 Å². The maximum absolute atomic E-state index is 9.11. The van der Waals surface area contributed by atoms with Crippen molar-refractivity contribution < 1.29 is 5.11 Å². The zero-order valence-corrected chi connectivity index (χ0v) is 8.21. The Balaban J connectivity index is 2.21. The Labute approximate surface area is 75.4 Å². The van der Waals surface area contributed by atoms with Crippen LogP contribution in [0.4, 0.5) is 0 Å². The van der Waals surface area contributed by atoms with Crippen LogP contribution in [0.3, 0.4) is 0 Å². The highest BCUT2D eigenvalue weighted by Gasteiger charge is 2.24. The van der Waals surface area contributed by atoms with E-state index in [0.29, 0.717) is 6.04 Å². The minimum atomic E-state index is -0.205. The molecule has 0 aromatic carbocycles. The van der Waals surface area contributed by atoms with Gasteiger partial charge in [0.1, 0.15) is 0 Å². The lowest BCUT2D eigenvalue weighted by atomic mass is 10.0. The molecule has 12 heavy (non-hydrogen) atoms. The predicted octanol–water partition coefficient (Wildman–Crippen LogP) is 1.54. The largest absolute Gasteiger partial charge is 0.392 e. The van der Waals surface area contributed by atoms with Crippen LogP contribution < -0.4 is 5.32 Å². The second-order valence-corrected chi connectivity index (χ2v) is 3.96. The Bertz CT molecular complexity index is 125. The minimum absolute atomic E-state index is 0.205. The van der Waals surface area contributed by atoms with Gasteiger partial charge in [-0.1, -0.05) is 19.8 Å². The van der Waals surface area contributed by atoms with Crippen LogP contribution >= 0.6 is 0 Å². The summed E-state index contributed by atoms with van der Waals surface area (Å²) >= 11 is 0. The molecule has 1 saturated carbocycles. The third kappa shape index (κ3) is 2.76. The monoisotopic (exact) mass is 171 g/mol. The molecular formula is C10H21NO. The minimum Gasteiger partial charge on any atom is -0.392 e. The van der Waals surface area contributed by atoms with Crippen molar-refractivity contribution >= 4 is 0 Å². The van der Waals surface area contributed by atoms with Crippen LogP contribution in [0.2, 0.25) is 0 Å². The average Bonchev–Trinajstić information content (AvgIpc) is 2.47. The molecule has 1 aliphatic carbocycles. The molecule has 0 aromatic rings. The van der Waals surface area contributed by atoms with Crippen LogP contribution in [0.15, 0.2) is 0 Å². The molecule has 1 aliphatic rings. The van der Waals surface area contributed by atoms with E-state index >= 15 is 0 Å². The summed E-state index contributed by atoms with van der Waals surface area (Å²) in [7, 11) is 0. The molecule has 0 spiro atoms. The first-order chi connectivity index (χ1) is 5.74. The van der Waals surface area contributed by atoms with Gasteiger partial charge in [0.25, 0.3) is 0 Å². The first-order valence-electron chi connectivity index (χ1n) is 5.15. The van der Waals surface area contributed by atoms with Crippen molar-refractivity contribution in [2.24, 2.45) is 5.92 Å². The van der Waals surface area contributed by atoms with Crippen LogP contribution in [0, 0.1) is 5.92 Å². The van der Waals surface area contributed by atoms with Crippen molar-refractivity contribution in [2.75, 3.05) is 6.54 Å². The summed E-state index contributed by atoms with van der Waals surface area (Å²) in [5, 5.41) is 12.5. The SMILES string of the molecule is CCC1CCCC1NCC(C)O. The Morgan fingerprint density at radius 2 is 2.25 bits per heavy atom. The number of aliphatic hydroxyl groups excluding tert-OH is 1. The van der Waals surface area contributed by atoms with Crippen LogP contribution in [-0.4, -0.2) is 23.8 Å². The lowest BCUT2D eigenvalue weighted by Gasteiger charge is -2.20. The van der Waals surface area contributed by atoms with Gasteiger partial charge in [-0.3, -0.25) is 0 Å².